The Morgan fingerprint density at radius 2 is 2.10 bits per heavy atom. The molecule has 20 heavy (non-hydrogen) atoms. The summed E-state index contributed by atoms with van der Waals surface area (Å²) in [5, 5.41) is 11.3. The molecule has 2 rings (SSSR count). The van der Waals surface area contributed by atoms with Crippen molar-refractivity contribution in [3.63, 3.8) is 0 Å². The molecule has 0 aliphatic heterocycles. The first-order chi connectivity index (χ1) is 9.34. The fourth-order valence-electron chi connectivity index (χ4n) is 3.15. The number of rotatable bonds is 3. The Morgan fingerprint density at radius 3 is 2.75 bits per heavy atom. The summed E-state index contributed by atoms with van der Waals surface area (Å²) in [6, 6.07) is 7.89. The zero-order valence-corrected chi connectivity index (χ0v) is 12.8. The minimum absolute atomic E-state index is 0.330. The van der Waals surface area contributed by atoms with Crippen LogP contribution in [0.1, 0.15) is 57.6 Å². The van der Waals surface area contributed by atoms with E-state index in [1.54, 1.807) is 20.8 Å². The van der Waals surface area contributed by atoms with E-state index < -0.39 is 11.0 Å². The van der Waals surface area contributed by atoms with Gasteiger partial charge in [0.2, 0.25) is 0 Å². The van der Waals surface area contributed by atoms with Gasteiger partial charge in [-0.3, -0.25) is 4.79 Å². The van der Waals surface area contributed by atoms with Crippen LogP contribution < -0.4 is 0 Å². The number of carbonyl (C=O) groups excluding carboxylic acids is 1. The molecule has 2 unspecified atom stereocenters. The van der Waals surface area contributed by atoms with Gasteiger partial charge < -0.3 is 9.84 Å². The van der Waals surface area contributed by atoms with Crippen LogP contribution >= 0.6 is 0 Å². The van der Waals surface area contributed by atoms with Gasteiger partial charge in [0.25, 0.3) is 0 Å². The molecule has 3 nitrogen and oxygen atoms in total. The number of ether oxygens (including phenoxy) is 1. The van der Waals surface area contributed by atoms with Gasteiger partial charge in [-0.2, -0.15) is 0 Å². The molecule has 1 aliphatic carbocycles. The van der Waals surface area contributed by atoms with Gasteiger partial charge in [-0.25, -0.2) is 0 Å². The summed E-state index contributed by atoms with van der Waals surface area (Å²) in [4.78, 5) is 12.3. The average Bonchev–Trinajstić information content (AvgIpc) is 2.43. The molecule has 3 heteroatoms. The maximum Gasteiger partial charge on any atom is 0.314 e. The highest BCUT2D eigenvalue weighted by atomic mass is 16.5. The van der Waals surface area contributed by atoms with Crippen LogP contribution in [0.3, 0.4) is 0 Å². The number of benzene rings is 1. The van der Waals surface area contributed by atoms with Crippen molar-refractivity contribution >= 4 is 5.97 Å². The van der Waals surface area contributed by atoms with Crippen LogP contribution in [-0.4, -0.2) is 17.7 Å². The average molecular weight is 276 g/mol. The van der Waals surface area contributed by atoms with Gasteiger partial charge in [-0.1, -0.05) is 31.2 Å². The second-order valence-electron chi connectivity index (χ2n) is 6.23. The van der Waals surface area contributed by atoms with Crippen molar-refractivity contribution in [2.75, 3.05) is 6.61 Å². The van der Waals surface area contributed by atoms with Gasteiger partial charge in [0, 0.05) is 0 Å². The minimum Gasteiger partial charge on any atom is -0.465 e. The number of esters is 1. The van der Waals surface area contributed by atoms with Crippen molar-refractivity contribution in [1.82, 2.24) is 0 Å². The minimum atomic E-state index is -1.16. The summed E-state index contributed by atoms with van der Waals surface area (Å²) in [6.07, 6.45) is 1.45. The predicted octanol–water partition coefficient (Wildman–Crippen LogP) is 3.36. The van der Waals surface area contributed by atoms with Gasteiger partial charge in [0.15, 0.2) is 0 Å². The molecule has 0 amide bonds. The Hall–Kier alpha value is -1.35. The summed E-state index contributed by atoms with van der Waals surface area (Å²) < 4.78 is 5.17. The van der Waals surface area contributed by atoms with Gasteiger partial charge in [0.1, 0.15) is 5.60 Å². The number of fused-ring (bicyclic) bond motifs is 1. The second-order valence-corrected chi connectivity index (χ2v) is 6.23. The van der Waals surface area contributed by atoms with Crippen molar-refractivity contribution in [2.45, 2.75) is 52.1 Å². The van der Waals surface area contributed by atoms with Crippen LogP contribution in [0.2, 0.25) is 0 Å². The molecule has 1 aliphatic rings. The predicted molar refractivity (Wildman–Crippen MR) is 78.4 cm³/mol. The maximum absolute atomic E-state index is 12.3. The highest BCUT2D eigenvalue weighted by molar-refractivity contribution is 5.78. The molecule has 0 spiro atoms. The highest BCUT2D eigenvalue weighted by Gasteiger charge is 2.53. The molecule has 0 heterocycles. The second kappa shape index (κ2) is 5.21. The molecule has 0 fully saturated rings. The summed E-state index contributed by atoms with van der Waals surface area (Å²) in [5.74, 6) is 0.0660. The third-order valence-corrected chi connectivity index (χ3v) is 4.70. The van der Waals surface area contributed by atoms with Crippen LogP contribution in [0.5, 0.6) is 0 Å². The zero-order chi connectivity index (χ0) is 15.0. The van der Waals surface area contributed by atoms with Crippen LogP contribution in [0.15, 0.2) is 24.3 Å². The van der Waals surface area contributed by atoms with E-state index in [0.29, 0.717) is 18.9 Å². The summed E-state index contributed by atoms with van der Waals surface area (Å²) in [6.45, 7) is 7.83. The van der Waals surface area contributed by atoms with Gasteiger partial charge >= 0.3 is 5.97 Å². The molecule has 0 aromatic heterocycles. The molecule has 1 aromatic rings. The third kappa shape index (κ3) is 2.14. The molecule has 0 radical (unpaired) electrons. The first-order valence-electron chi connectivity index (χ1n) is 7.33. The molecular weight excluding hydrogens is 252 g/mol. The quantitative estimate of drug-likeness (QED) is 0.861. The Morgan fingerprint density at radius 1 is 1.45 bits per heavy atom. The standard InChI is InChI=1S/C17H24O3/c1-5-20-15(18)16(3,4)17(19)11-10-12(2)13-8-6-7-9-14(13)17/h6-9,12,19H,5,10-11H2,1-4H3. The zero-order valence-electron chi connectivity index (χ0n) is 12.8. The number of hydrogen-bond acceptors (Lipinski definition) is 3. The lowest BCUT2D eigenvalue weighted by Crippen LogP contribution is -2.50. The lowest BCUT2D eigenvalue weighted by Gasteiger charge is -2.46. The van der Waals surface area contributed by atoms with Gasteiger partial charge in [0.05, 0.1) is 12.0 Å². The molecule has 1 aromatic carbocycles. The molecule has 0 bridgehead atoms. The summed E-state index contributed by atoms with van der Waals surface area (Å²) in [5.41, 5.74) is -0.114. The maximum atomic E-state index is 12.3. The van der Waals surface area contributed by atoms with Crippen LogP contribution in [0.4, 0.5) is 0 Å². The number of hydrogen-bond donors (Lipinski definition) is 1. The fourth-order valence-corrected chi connectivity index (χ4v) is 3.15. The molecule has 1 N–H and O–H groups in total. The smallest absolute Gasteiger partial charge is 0.314 e. The van der Waals surface area contributed by atoms with E-state index >= 15 is 0 Å². The monoisotopic (exact) mass is 276 g/mol. The third-order valence-electron chi connectivity index (χ3n) is 4.70. The van der Waals surface area contributed by atoms with E-state index in [0.717, 1.165) is 17.5 Å². The first kappa shape index (κ1) is 15.0. The van der Waals surface area contributed by atoms with Gasteiger partial charge in [-0.05, 0) is 50.7 Å². The Balaban J connectivity index is 2.50. The van der Waals surface area contributed by atoms with E-state index in [4.69, 9.17) is 4.74 Å². The summed E-state index contributed by atoms with van der Waals surface area (Å²) >= 11 is 0. The molecular formula is C17H24O3. The first-order valence-corrected chi connectivity index (χ1v) is 7.33. The van der Waals surface area contributed by atoms with Crippen molar-refractivity contribution < 1.29 is 14.6 Å². The van der Waals surface area contributed by atoms with E-state index in [2.05, 4.69) is 6.92 Å². The van der Waals surface area contributed by atoms with E-state index in [1.807, 2.05) is 24.3 Å². The Kier molecular flexibility index (Phi) is 3.92. The lowest BCUT2D eigenvalue weighted by molar-refractivity contribution is -0.175. The molecule has 0 saturated carbocycles. The van der Waals surface area contributed by atoms with Crippen molar-refractivity contribution in [3.8, 4) is 0 Å². The van der Waals surface area contributed by atoms with Crippen LogP contribution in [0.25, 0.3) is 0 Å². The SMILES string of the molecule is CCOC(=O)C(C)(C)C1(O)CCC(C)c2ccccc21. The van der Waals surface area contributed by atoms with Crippen molar-refractivity contribution in [3.05, 3.63) is 35.4 Å². The topological polar surface area (TPSA) is 46.5 Å². The fraction of sp³-hybridized carbons (Fsp3) is 0.588. The number of carbonyl (C=O) groups is 1. The van der Waals surface area contributed by atoms with E-state index in [1.165, 1.54) is 0 Å². The molecule has 0 saturated heterocycles. The van der Waals surface area contributed by atoms with E-state index in [9.17, 15) is 9.90 Å². The molecule has 110 valence electrons. The lowest BCUT2D eigenvalue weighted by atomic mass is 9.62. The van der Waals surface area contributed by atoms with Crippen molar-refractivity contribution in [2.24, 2.45) is 5.41 Å². The van der Waals surface area contributed by atoms with Gasteiger partial charge in [-0.15, -0.1) is 0 Å². The Labute approximate surface area is 121 Å². The van der Waals surface area contributed by atoms with Crippen LogP contribution in [0, 0.1) is 5.41 Å². The molecule has 2 atom stereocenters. The normalized spacial score (nSPS) is 25.9. The Bertz CT molecular complexity index is 507. The highest BCUT2D eigenvalue weighted by Crippen LogP contribution is 2.50. The van der Waals surface area contributed by atoms with Crippen LogP contribution in [-0.2, 0) is 15.1 Å². The largest absolute Gasteiger partial charge is 0.465 e. The van der Waals surface area contributed by atoms with E-state index in [-0.39, 0.29) is 5.97 Å². The summed E-state index contributed by atoms with van der Waals surface area (Å²) in [7, 11) is 0. The number of aliphatic hydroxyl groups is 1. The van der Waals surface area contributed by atoms with Crippen molar-refractivity contribution in [1.29, 1.82) is 0 Å².